The first-order valence-electron chi connectivity index (χ1n) is 6.57. The van der Waals surface area contributed by atoms with E-state index in [1.165, 1.54) is 0 Å². The predicted octanol–water partition coefficient (Wildman–Crippen LogP) is 3.86. The van der Waals surface area contributed by atoms with Crippen molar-refractivity contribution in [1.82, 2.24) is 4.98 Å². The van der Waals surface area contributed by atoms with Crippen molar-refractivity contribution in [3.63, 3.8) is 0 Å². The number of rotatable bonds is 4. The summed E-state index contributed by atoms with van der Waals surface area (Å²) in [5.41, 5.74) is 3.15. The maximum atomic E-state index is 5.35. The lowest BCUT2D eigenvalue weighted by molar-refractivity contribution is 0.410. The van der Waals surface area contributed by atoms with Gasteiger partial charge in [0, 0.05) is 17.5 Å². The van der Waals surface area contributed by atoms with Crippen LogP contribution in [0.15, 0.2) is 60.8 Å². The molecule has 0 saturated heterocycles. The van der Waals surface area contributed by atoms with Gasteiger partial charge in [-0.3, -0.25) is 4.98 Å². The van der Waals surface area contributed by atoms with Gasteiger partial charge in [0.1, 0.15) is 5.75 Å². The molecule has 0 amide bonds. The maximum absolute atomic E-state index is 5.35. The van der Waals surface area contributed by atoms with E-state index in [-0.39, 0.29) is 0 Å². The zero-order valence-electron chi connectivity index (χ0n) is 11.3. The van der Waals surface area contributed by atoms with Crippen molar-refractivity contribution < 1.29 is 4.74 Å². The van der Waals surface area contributed by atoms with Crippen molar-refractivity contribution in [2.75, 3.05) is 12.4 Å². The average Bonchev–Trinajstić information content (AvgIpc) is 2.53. The third-order valence-electron chi connectivity index (χ3n) is 3.27. The zero-order chi connectivity index (χ0) is 13.8. The molecule has 0 aliphatic rings. The minimum Gasteiger partial charge on any atom is -0.496 e. The molecule has 0 fully saturated rings. The molecule has 1 aromatic heterocycles. The first kappa shape index (κ1) is 12.5. The van der Waals surface area contributed by atoms with Crippen LogP contribution < -0.4 is 10.1 Å². The van der Waals surface area contributed by atoms with Crippen LogP contribution in [0.3, 0.4) is 0 Å². The van der Waals surface area contributed by atoms with Gasteiger partial charge in [0.15, 0.2) is 0 Å². The van der Waals surface area contributed by atoms with Crippen molar-refractivity contribution >= 4 is 16.6 Å². The van der Waals surface area contributed by atoms with Gasteiger partial charge in [-0.05, 0) is 18.2 Å². The van der Waals surface area contributed by atoms with Crippen LogP contribution in [0.2, 0.25) is 0 Å². The Morgan fingerprint density at radius 3 is 2.75 bits per heavy atom. The molecule has 0 aliphatic heterocycles. The number of benzene rings is 2. The van der Waals surface area contributed by atoms with E-state index in [9.17, 15) is 0 Å². The van der Waals surface area contributed by atoms with Gasteiger partial charge in [-0.15, -0.1) is 0 Å². The number of fused-ring (bicyclic) bond motifs is 1. The van der Waals surface area contributed by atoms with Crippen molar-refractivity contribution in [3.8, 4) is 5.75 Å². The Morgan fingerprint density at radius 2 is 1.85 bits per heavy atom. The van der Waals surface area contributed by atoms with Crippen LogP contribution in [0.25, 0.3) is 10.9 Å². The van der Waals surface area contributed by atoms with Crippen LogP contribution in [0.4, 0.5) is 5.69 Å². The summed E-state index contributed by atoms with van der Waals surface area (Å²) < 4.78 is 5.35. The fourth-order valence-electron chi connectivity index (χ4n) is 2.21. The van der Waals surface area contributed by atoms with E-state index in [1.54, 1.807) is 7.11 Å². The van der Waals surface area contributed by atoms with Crippen LogP contribution in [-0.4, -0.2) is 12.1 Å². The number of anilines is 1. The van der Waals surface area contributed by atoms with Crippen LogP contribution in [-0.2, 0) is 6.54 Å². The van der Waals surface area contributed by atoms with E-state index in [0.29, 0.717) is 6.54 Å². The van der Waals surface area contributed by atoms with Gasteiger partial charge in [0.2, 0.25) is 0 Å². The van der Waals surface area contributed by atoms with Crippen molar-refractivity contribution in [1.29, 1.82) is 0 Å². The standard InChI is InChI=1S/C17H16N2O/c1-20-17-9-5-3-7-14(17)11-18-15-10-13-6-2-4-8-16(13)19-12-15/h2-10,12,18H,11H2,1H3. The summed E-state index contributed by atoms with van der Waals surface area (Å²) in [6.45, 7) is 0.712. The molecule has 0 aliphatic carbocycles. The topological polar surface area (TPSA) is 34.1 Å². The fraction of sp³-hybridized carbons (Fsp3) is 0.118. The number of methoxy groups -OCH3 is 1. The van der Waals surface area contributed by atoms with Gasteiger partial charge < -0.3 is 10.1 Å². The number of para-hydroxylation sites is 2. The molecule has 3 nitrogen and oxygen atoms in total. The summed E-state index contributed by atoms with van der Waals surface area (Å²) in [6, 6.07) is 18.2. The molecule has 0 saturated carbocycles. The fourth-order valence-corrected chi connectivity index (χ4v) is 2.21. The lowest BCUT2D eigenvalue weighted by Gasteiger charge is -2.10. The Labute approximate surface area is 118 Å². The summed E-state index contributed by atoms with van der Waals surface area (Å²) in [6.07, 6.45) is 1.86. The molecule has 0 atom stereocenters. The molecule has 3 heteroatoms. The summed E-state index contributed by atoms with van der Waals surface area (Å²) in [4.78, 5) is 4.44. The monoisotopic (exact) mass is 264 g/mol. The third kappa shape index (κ3) is 2.57. The van der Waals surface area contributed by atoms with Crippen LogP contribution in [0, 0.1) is 0 Å². The van der Waals surface area contributed by atoms with Crippen molar-refractivity contribution in [3.05, 3.63) is 66.4 Å². The molecule has 100 valence electrons. The van der Waals surface area contributed by atoms with E-state index in [2.05, 4.69) is 28.5 Å². The third-order valence-corrected chi connectivity index (χ3v) is 3.27. The van der Waals surface area contributed by atoms with E-state index in [1.807, 2.05) is 42.6 Å². The quantitative estimate of drug-likeness (QED) is 0.777. The van der Waals surface area contributed by atoms with Crippen LogP contribution in [0.1, 0.15) is 5.56 Å². The molecular weight excluding hydrogens is 248 g/mol. The van der Waals surface area contributed by atoms with Crippen molar-refractivity contribution in [2.45, 2.75) is 6.54 Å². The largest absolute Gasteiger partial charge is 0.496 e. The lowest BCUT2D eigenvalue weighted by Crippen LogP contribution is -2.01. The van der Waals surface area contributed by atoms with Gasteiger partial charge in [0.25, 0.3) is 0 Å². The van der Waals surface area contributed by atoms with E-state index in [0.717, 1.165) is 27.9 Å². The van der Waals surface area contributed by atoms with Gasteiger partial charge in [-0.25, -0.2) is 0 Å². The Hall–Kier alpha value is -2.55. The van der Waals surface area contributed by atoms with Gasteiger partial charge in [-0.1, -0.05) is 36.4 Å². The highest BCUT2D eigenvalue weighted by Gasteiger charge is 2.02. The molecule has 1 N–H and O–H groups in total. The molecule has 0 radical (unpaired) electrons. The summed E-state index contributed by atoms with van der Waals surface area (Å²) in [5.74, 6) is 0.897. The van der Waals surface area contributed by atoms with Gasteiger partial charge in [-0.2, -0.15) is 0 Å². The summed E-state index contributed by atoms with van der Waals surface area (Å²) >= 11 is 0. The van der Waals surface area contributed by atoms with Gasteiger partial charge in [0.05, 0.1) is 24.5 Å². The number of pyridine rings is 1. The molecule has 2 aromatic carbocycles. The maximum Gasteiger partial charge on any atom is 0.123 e. The van der Waals surface area contributed by atoms with E-state index in [4.69, 9.17) is 4.74 Å². The van der Waals surface area contributed by atoms with Crippen LogP contribution >= 0.6 is 0 Å². The number of hydrogen-bond acceptors (Lipinski definition) is 3. The second-order valence-electron chi connectivity index (χ2n) is 4.58. The first-order chi connectivity index (χ1) is 9.86. The Morgan fingerprint density at radius 1 is 1.05 bits per heavy atom. The Kier molecular flexibility index (Phi) is 3.50. The number of nitrogens with zero attached hydrogens (tertiary/aromatic N) is 1. The second-order valence-corrected chi connectivity index (χ2v) is 4.58. The predicted molar refractivity (Wildman–Crippen MR) is 82.1 cm³/mol. The molecular formula is C17H16N2O. The smallest absolute Gasteiger partial charge is 0.123 e. The summed E-state index contributed by atoms with van der Waals surface area (Å²) in [5, 5.41) is 4.52. The second kappa shape index (κ2) is 5.61. The summed E-state index contributed by atoms with van der Waals surface area (Å²) in [7, 11) is 1.69. The SMILES string of the molecule is COc1ccccc1CNc1cnc2ccccc2c1. The highest BCUT2D eigenvalue weighted by molar-refractivity contribution is 5.81. The lowest BCUT2D eigenvalue weighted by atomic mass is 10.2. The van der Waals surface area contributed by atoms with Crippen LogP contribution in [0.5, 0.6) is 5.75 Å². The molecule has 3 rings (SSSR count). The van der Waals surface area contributed by atoms with E-state index >= 15 is 0 Å². The normalized spacial score (nSPS) is 10.4. The highest BCUT2D eigenvalue weighted by atomic mass is 16.5. The molecule has 0 spiro atoms. The zero-order valence-corrected chi connectivity index (χ0v) is 11.3. The number of aromatic nitrogens is 1. The average molecular weight is 264 g/mol. The molecule has 1 heterocycles. The van der Waals surface area contributed by atoms with Crippen molar-refractivity contribution in [2.24, 2.45) is 0 Å². The molecule has 0 unspecified atom stereocenters. The molecule has 0 bridgehead atoms. The minimum atomic E-state index is 0.712. The number of hydrogen-bond donors (Lipinski definition) is 1. The van der Waals surface area contributed by atoms with Gasteiger partial charge >= 0.3 is 0 Å². The molecule has 3 aromatic rings. The number of nitrogens with one attached hydrogen (secondary N) is 1. The Balaban J connectivity index is 1.79. The minimum absolute atomic E-state index is 0.712. The number of ether oxygens (including phenoxy) is 1. The van der Waals surface area contributed by atoms with E-state index < -0.39 is 0 Å². The highest BCUT2D eigenvalue weighted by Crippen LogP contribution is 2.20. The Bertz CT molecular complexity index is 725. The molecule has 20 heavy (non-hydrogen) atoms. The first-order valence-corrected chi connectivity index (χ1v) is 6.57.